The lowest BCUT2D eigenvalue weighted by atomic mass is 10.0. The fourth-order valence-electron chi connectivity index (χ4n) is 1.20. The summed E-state index contributed by atoms with van der Waals surface area (Å²) in [6, 6.07) is -0.0447. The number of aliphatic hydroxyl groups is 1. The second-order valence-electron chi connectivity index (χ2n) is 3.83. The normalized spacial score (nSPS) is 14.6. The van der Waals surface area contributed by atoms with Crippen LogP contribution in [-0.4, -0.2) is 38.5 Å². The average molecular weight is 224 g/mol. The summed E-state index contributed by atoms with van der Waals surface area (Å²) in [6.07, 6.45) is 0.821. The van der Waals surface area contributed by atoms with Gasteiger partial charge in [-0.15, -0.1) is 0 Å². The molecule has 0 aromatic rings. The Labute approximate surface area is 85.7 Å². The SMILES string of the molecule is CC(C)CC(CO)NCCS(N)(=O)=O. The lowest BCUT2D eigenvalue weighted by Gasteiger charge is -2.17. The van der Waals surface area contributed by atoms with Gasteiger partial charge in [-0.25, -0.2) is 13.6 Å². The number of hydrogen-bond acceptors (Lipinski definition) is 4. The van der Waals surface area contributed by atoms with E-state index in [9.17, 15) is 8.42 Å². The standard InChI is InChI=1S/C8H20N2O3S/c1-7(2)5-8(6-11)10-3-4-14(9,12)13/h7-8,10-11H,3-6H2,1-2H3,(H2,9,12,13). The molecule has 0 aliphatic heterocycles. The average Bonchev–Trinajstić information content (AvgIpc) is 1.99. The number of aliphatic hydroxyl groups excluding tert-OH is 1. The zero-order valence-electron chi connectivity index (χ0n) is 8.73. The van der Waals surface area contributed by atoms with Crippen LogP contribution in [0.3, 0.4) is 0 Å². The van der Waals surface area contributed by atoms with Crippen LogP contribution < -0.4 is 10.5 Å². The van der Waals surface area contributed by atoms with Crippen LogP contribution in [0.15, 0.2) is 0 Å². The molecule has 0 aliphatic rings. The molecular formula is C8H20N2O3S. The molecule has 0 bridgehead atoms. The maximum Gasteiger partial charge on any atom is 0.210 e. The van der Waals surface area contributed by atoms with Crippen LogP contribution >= 0.6 is 0 Å². The summed E-state index contributed by atoms with van der Waals surface area (Å²) in [4.78, 5) is 0. The Kier molecular flexibility index (Phi) is 6.26. The number of primary sulfonamides is 1. The molecule has 0 fully saturated rings. The van der Waals surface area contributed by atoms with Crippen LogP contribution in [0.25, 0.3) is 0 Å². The summed E-state index contributed by atoms with van der Waals surface area (Å²) < 4.78 is 21.2. The van der Waals surface area contributed by atoms with E-state index in [-0.39, 0.29) is 24.9 Å². The van der Waals surface area contributed by atoms with Crippen molar-refractivity contribution in [3.8, 4) is 0 Å². The second-order valence-corrected chi connectivity index (χ2v) is 5.56. The van der Waals surface area contributed by atoms with Gasteiger partial charge in [0.05, 0.1) is 12.4 Å². The Morgan fingerprint density at radius 2 is 2.00 bits per heavy atom. The first-order valence-corrected chi connectivity index (χ1v) is 6.41. The number of rotatable bonds is 7. The highest BCUT2D eigenvalue weighted by Crippen LogP contribution is 2.03. The summed E-state index contributed by atoms with van der Waals surface area (Å²) in [7, 11) is -3.40. The maximum atomic E-state index is 10.6. The lowest BCUT2D eigenvalue weighted by molar-refractivity contribution is 0.226. The van der Waals surface area contributed by atoms with E-state index in [1.165, 1.54) is 0 Å². The van der Waals surface area contributed by atoms with Crippen molar-refractivity contribution < 1.29 is 13.5 Å². The van der Waals surface area contributed by atoms with Gasteiger partial charge in [-0.05, 0) is 12.3 Å². The molecule has 0 aliphatic carbocycles. The topological polar surface area (TPSA) is 92.4 Å². The molecule has 0 rings (SSSR count). The third-order valence-corrected chi connectivity index (χ3v) is 2.57. The lowest BCUT2D eigenvalue weighted by Crippen LogP contribution is -2.37. The van der Waals surface area contributed by atoms with Gasteiger partial charge in [-0.2, -0.15) is 0 Å². The molecule has 0 heterocycles. The van der Waals surface area contributed by atoms with Gasteiger partial charge in [-0.3, -0.25) is 0 Å². The van der Waals surface area contributed by atoms with Crippen LogP contribution in [-0.2, 0) is 10.0 Å². The highest BCUT2D eigenvalue weighted by atomic mass is 32.2. The van der Waals surface area contributed by atoms with Gasteiger partial charge in [0.2, 0.25) is 10.0 Å². The second kappa shape index (κ2) is 6.34. The predicted octanol–water partition coefficient (Wildman–Crippen LogP) is -0.728. The minimum atomic E-state index is -3.40. The van der Waals surface area contributed by atoms with Gasteiger partial charge >= 0.3 is 0 Å². The van der Waals surface area contributed by atoms with Crippen molar-refractivity contribution in [3.05, 3.63) is 0 Å². The molecule has 1 atom stereocenters. The minimum Gasteiger partial charge on any atom is -0.395 e. The molecule has 0 saturated heterocycles. The van der Waals surface area contributed by atoms with E-state index in [1.54, 1.807) is 0 Å². The van der Waals surface area contributed by atoms with Crippen molar-refractivity contribution in [2.75, 3.05) is 18.9 Å². The van der Waals surface area contributed by atoms with Crippen LogP contribution in [0.4, 0.5) is 0 Å². The van der Waals surface area contributed by atoms with Crippen molar-refractivity contribution in [1.82, 2.24) is 5.32 Å². The van der Waals surface area contributed by atoms with Crippen molar-refractivity contribution in [2.24, 2.45) is 11.1 Å². The minimum absolute atomic E-state index is 0.0167. The number of nitrogens with two attached hydrogens (primary N) is 1. The summed E-state index contributed by atoms with van der Waals surface area (Å²) >= 11 is 0. The predicted molar refractivity (Wildman–Crippen MR) is 56.3 cm³/mol. The number of hydrogen-bond donors (Lipinski definition) is 3. The zero-order valence-corrected chi connectivity index (χ0v) is 9.55. The quantitative estimate of drug-likeness (QED) is 0.531. The number of sulfonamides is 1. The fraction of sp³-hybridized carbons (Fsp3) is 1.00. The van der Waals surface area contributed by atoms with Crippen molar-refractivity contribution in [2.45, 2.75) is 26.3 Å². The summed E-state index contributed by atoms with van der Waals surface area (Å²) in [5.41, 5.74) is 0. The largest absolute Gasteiger partial charge is 0.395 e. The maximum absolute atomic E-state index is 10.6. The van der Waals surface area contributed by atoms with Crippen molar-refractivity contribution in [1.29, 1.82) is 0 Å². The highest BCUT2D eigenvalue weighted by molar-refractivity contribution is 7.89. The molecule has 86 valence electrons. The molecule has 5 nitrogen and oxygen atoms in total. The van der Waals surface area contributed by atoms with E-state index in [2.05, 4.69) is 5.32 Å². The van der Waals surface area contributed by atoms with Crippen molar-refractivity contribution >= 4 is 10.0 Å². The van der Waals surface area contributed by atoms with E-state index in [4.69, 9.17) is 10.2 Å². The summed E-state index contributed by atoms with van der Waals surface area (Å²) in [5, 5.41) is 16.7. The highest BCUT2D eigenvalue weighted by Gasteiger charge is 2.10. The number of nitrogens with one attached hydrogen (secondary N) is 1. The van der Waals surface area contributed by atoms with Crippen molar-refractivity contribution in [3.63, 3.8) is 0 Å². The third kappa shape index (κ3) is 8.43. The zero-order chi connectivity index (χ0) is 11.2. The Morgan fingerprint density at radius 3 is 2.36 bits per heavy atom. The van der Waals surface area contributed by atoms with Gasteiger partial charge in [0.25, 0.3) is 0 Å². The Bertz CT molecular complexity index is 239. The first-order valence-electron chi connectivity index (χ1n) is 4.70. The molecular weight excluding hydrogens is 204 g/mol. The van der Waals surface area contributed by atoms with Crippen LogP contribution in [0.1, 0.15) is 20.3 Å². The molecule has 4 N–H and O–H groups in total. The van der Waals surface area contributed by atoms with Crippen LogP contribution in [0, 0.1) is 5.92 Å². The fourth-order valence-corrected chi connectivity index (χ4v) is 1.60. The molecule has 0 amide bonds. The first kappa shape index (κ1) is 13.8. The third-order valence-electron chi connectivity index (χ3n) is 1.80. The van der Waals surface area contributed by atoms with Crippen LogP contribution in [0.2, 0.25) is 0 Å². The van der Waals surface area contributed by atoms with E-state index >= 15 is 0 Å². The van der Waals surface area contributed by atoms with E-state index in [0.717, 1.165) is 6.42 Å². The Balaban J connectivity index is 3.74. The van der Waals surface area contributed by atoms with Gasteiger partial charge in [0, 0.05) is 12.6 Å². The smallest absolute Gasteiger partial charge is 0.210 e. The van der Waals surface area contributed by atoms with Gasteiger partial charge in [0.15, 0.2) is 0 Å². The first-order chi connectivity index (χ1) is 6.35. The molecule has 0 aromatic heterocycles. The van der Waals surface area contributed by atoms with Gasteiger partial charge in [0.1, 0.15) is 0 Å². The van der Waals surface area contributed by atoms with E-state index in [0.29, 0.717) is 5.92 Å². The molecule has 0 spiro atoms. The van der Waals surface area contributed by atoms with Gasteiger partial charge in [-0.1, -0.05) is 13.8 Å². The monoisotopic (exact) mass is 224 g/mol. The molecule has 6 heteroatoms. The molecule has 0 saturated carbocycles. The summed E-state index contributed by atoms with van der Waals surface area (Å²) in [5.74, 6) is 0.371. The van der Waals surface area contributed by atoms with Crippen LogP contribution in [0.5, 0.6) is 0 Å². The molecule has 1 unspecified atom stereocenters. The van der Waals surface area contributed by atoms with E-state index < -0.39 is 10.0 Å². The Hall–Kier alpha value is -0.170. The molecule has 14 heavy (non-hydrogen) atoms. The van der Waals surface area contributed by atoms with Gasteiger partial charge < -0.3 is 10.4 Å². The Morgan fingerprint density at radius 1 is 1.43 bits per heavy atom. The molecule has 0 aromatic carbocycles. The van der Waals surface area contributed by atoms with E-state index in [1.807, 2.05) is 13.8 Å². The summed E-state index contributed by atoms with van der Waals surface area (Å²) in [6.45, 7) is 4.40. The molecule has 0 radical (unpaired) electrons.